The lowest BCUT2D eigenvalue weighted by molar-refractivity contribution is -0.140. The second kappa shape index (κ2) is 7.25. The molecule has 0 radical (unpaired) electrons. The first kappa shape index (κ1) is 18.5. The largest absolute Gasteiger partial charge is 0.457 e. The summed E-state index contributed by atoms with van der Waals surface area (Å²) < 4.78 is 6.00. The lowest BCUT2D eigenvalue weighted by Crippen LogP contribution is -2.42. The average molecular weight is 382 g/mol. The Bertz CT molecular complexity index is 1250. The van der Waals surface area contributed by atoms with Crippen LogP contribution < -0.4 is 0 Å². The minimum Gasteiger partial charge on any atom is -0.457 e. The second-order valence-corrected chi connectivity index (χ2v) is 6.75. The molecule has 0 aliphatic carbocycles. The van der Waals surface area contributed by atoms with E-state index in [0.717, 1.165) is 21.2 Å². The van der Waals surface area contributed by atoms with Gasteiger partial charge in [0.25, 0.3) is 11.8 Å². The van der Waals surface area contributed by atoms with Gasteiger partial charge in [-0.15, -0.1) is 0 Å². The first-order valence-corrected chi connectivity index (χ1v) is 9.32. The van der Waals surface area contributed by atoms with Crippen LogP contribution in [0.15, 0.2) is 75.7 Å². The van der Waals surface area contributed by atoms with Crippen molar-refractivity contribution in [1.29, 1.82) is 5.26 Å². The molecule has 1 aromatic heterocycles. The highest BCUT2D eigenvalue weighted by Gasteiger charge is 2.34. The van der Waals surface area contributed by atoms with E-state index in [-0.39, 0.29) is 12.1 Å². The summed E-state index contributed by atoms with van der Waals surface area (Å²) in [7, 11) is 0. The van der Waals surface area contributed by atoms with Crippen molar-refractivity contribution in [3.63, 3.8) is 0 Å². The van der Waals surface area contributed by atoms with Gasteiger partial charge in [-0.05, 0) is 48.4 Å². The molecule has 0 spiro atoms. The molecule has 0 saturated carbocycles. The molecule has 0 N–H and O–H groups in total. The van der Waals surface area contributed by atoms with Gasteiger partial charge < -0.3 is 4.42 Å². The topological polar surface area (TPSA) is 74.3 Å². The van der Waals surface area contributed by atoms with Gasteiger partial charge in [0.05, 0.1) is 0 Å². The monoisotopic (exact) mass is 382 g/mol. The number of imide groups is 1. The first-order chi connectivity index (χ1) is 14.0. The number of likely N-dealkylation sites (N-methyl/N-ethyl adjacent to an activating group) is 1. The van der Waals surface area contributed by atoms with Crippen LogP contribution in [0, 0.1) is 11.3 Å². The van der Waals surface area contributed by atoms with Crippen LogP contribution in [0.1, 0.15) is 19.6 Å². The molecule has 2 heterocycles. The van der Waals surface area contributed by atoms with Crippen LogP contribution in [0.2, 0.25) is 0 Å². The van der Waals surface area contributed by atoms with E-state index >= 15 is 0 Å². The molecule has 0 atom stereocenters. The van der Waals surface area contributed by atoms with Gasteiger partial charge in [0.1, 0.15) is 23.2 Å². The highest BCUT2D eigenvalue weighted by atomic mass is 16.3. The number of hydrogen-bond donors (Lipinski definition) is 0. The summed E-state index contributed by atoms with van der Waals surface area (Å²) in [4.78, 5) is 26.1. The Hall–Kier alpha value is -3.91. The quantitative estimate of drug-likeness (QED) is 0.486. The van der Waals surface area contributed by atoms with Crippen LogP contribution in [0.3, 0.4) is 0 Å². The standard InChI is InChI=1S/C24H18N2O3/c1-3-26-23(27)20(15(2)21(14-25)24(26)28)13-17-11-12-22(29-17)19-10-6-8-16-7-4-5-9-18(16)19/h4-13H,3H2,1-2H3/b20-13+. The summed E-state index contributed by atoms with van der Waals surface area (Å²) in [5, 5.41) is 11.5. The van der Waals surface area contributed by atoms with E-state index in [0.29, 0.717) is 22.7 Å². The predicted octanol–water partition coefficient (Wildman–Crippen LogP) is 4.71. The highest BCUT2D eigenvalue weighted by molar-refractivity contribution is 6.19. The predicted molar refractivity (Wildman–Crippen MR) is 110 cm³/mol. The summed E-state index contributed by atoms with van der Waals surface area (Å²) in [5.41, 5.74) is 1.61. The Morgan fingerprint density at radius 2 is 1.79 bits per heavy atom. The molecule has 1 aliphatic rings. The smallest absolute Gasteiger partial charge is 0.271 e. The van der Waals surface area contributed by atoms with Gasteiger partial charge >= 0.3 is 0 Å². The van der Waals surface area contributed by atoms with Gasteiger partial charge in [-0.3, -0.25) is 14.5 Å². The molecule has 0 fully saturated rings. The third kappa shape index (κ3) is 3.05. The molecule has 5 nitrogen and oxygen atoms in total. The zero-order valence-electron chi connectivity index (χ0n) is 16.1. The number of fused-ring (bicyclic) bond motifs is 1. The molecule has 3 aromatic rings. The van der Waals surface area contributed by atoms with Crippen molar-refractivity contribution in [2.75, 3.05) is 6.54 Å². The number of nitrogens with zero attached hydrogens (tertiary/aromatic N) is 2. The second-order valence-electron chi connectivity index (χ2n) is 6.75. The van der Waals surface area contributed by atoms with Crippen molar-refractivity contribution in [3.8, 4) is 17.4 Å². The van der Waals surface area contributed by atoms with E-state index in [1.807, 2.05) is 54.6 Å². The Kier molecular flexibility index (Phi) is 4.61. The van der Waals surface area contributed by atoms with E-state index in [1.54, 1.807) is 26.0 Å². The van der Waals surface area contributed by atoms with E-state index in [4.69, 9.17) is 4.42 Å². The van der Waals surface area contributed by atoms with Crippen molar-refractivity contribution >= 4 is 28.7 Å². The summed E-state index contributed by atoms with van der Waals surface area (Å²) >= 11 is 0. The molecule has 0 saturated heterocycles. The summed E-state index contributed by atoms with van der Waals surface area (Å²) in [6.07, 6.45) is 1.60. The minimum absolute atomic E-state index is 0.0152. The van der Waals surface area contributed by atoms with Crippen molar-refractivity contribution in [2.24, 2.45) is 0 Å². The molecule has 5 heteroatoms. The van der Waals surface area contributed by atoms with Crippen molar-refractivity contribution in [1.82, 2.24) is 4.90 Å². The van der Waals surface area contributed by atoms with Crippen molar-refractivity contribution < 1.29 is 14.0 Å². The summed E-state index contributed by atoms with van der Waals surface area (Å²) in [6.45, 7) is 3.52. The number of carbonyl (C=O) groups is 2. The number of amides is 2. The molecule has 1 aliphatic heterocycles. The lowest BCUT2D eigenvalue weighted by atomic mass is 9.95. The van der Waals surface area contributed by atoms with Gasteiger partial charge in [-0.25, -0.2) is 0 Å². The highest BCUT2D eigenvalue weighted by Crippen LogP contribution is 2.32. The lowest BCUT2D eigenvalue weighted by Gasteiger charge is -2.25. The number of rotatable bonds is 3. The van der Waals surface area contributed by atoms with Crippen molar-refractivity contribution in [3.05, 3.63) is 77.1 Å². The Morgan fingerprint density at radius 3 is 2.55 bits per heavy atom. The third-order valence-electron chi connectivity index (χ3n) is 5.11. The van der Waals surface area contributed by atoms with Gasteiger partial charge in [0.15, 0.2) is 0 Å². The molecular formula is C24H18N2O3. The normalized spacial score (nSPS) is 16.0. The maximum Gasteiger partial charge on any atom is 0.271 e. The van der Waals surface area contributed by atoms with E-state index in [1.165, 1.54) is 0 Å². The third-order valence-corrected chi connectivity index (χ3v) is 5.11. The number of hydrogen-bond acceptors (Lipinski definition) is 4. The van der Waals surface area contributed by atoms with Crippen LogP contribution in [-0.4, -0.2) is 23.3 Å². The van der Waals surface area contributed by atoms with E-state index < -0.39 is 11.8 Å². The zero-order chi connectivity index (χ0) is 20.5. The maximum atomic E-state index is 12.7. The van der Waals surface area contributed by atoms with Gasteiger partial charge in [-0.2, -0.15) is 5.26 Å². The molecule has 29 heavy (non-hydrogen) atoms. The molecule has 0 unspecified atom stereocenters. The zero-order valence-corrected chi connectivity index (χ0v) is 16.1. The number of carbonyl (C=O) groups excluding carboxylic acids is 2. The number of benzene rings is 2. The van der Waals surface area contributed by atoms with Gasteiger partial charge in [-0.1, -0.05) is 42.5 Å². The van der Waals surface area contributed by atoms with Crippen LogP contribution in [0.5, 0.6) is 0 Å². The van der Waals surface area contributed by atoms with Crippen molar-refractivity contribution in [2.45, 2.75) is 13.8 Å². The Labute approximate surface area is 168 Å². The molecule has 2 aromatic carbocycles. The fourth-order valence-electron chi connectivity index (χ4n) is 3.57. The first-order valence-electron chi connectivity index (χ1n) is 9.32. The van der Waals surface area contributed by atoms with Gasteiger partial charge in [0.2, 0.25) is 0 Å². The Balaban J connectivity index is 1.79. The molecular weight excluding hydrogens is 364 g/mol. The van der Waals surface area contributed by atoms with Crippen LogP contribution >= 0.6 is 0 Å². The van der Waals surface area contributed by atoms with Crippen LogP contribution in [-0.2, 0) is 9.59 Å². The minimum atomic E-state index is -0.550. The summed E-state index contributed by atoms with van der Waals surface area (Å²) in [5.74, 6) is 0.198. The Morgan fingerprint density at radius 1 is 1.03 bits per heavy atom. The maximum absolute atomic E-state index is 12.7. The fourth-order valence-corrected chi connectivity index (χ4v) is 3.57. The molecule has 142 valence electrons. The SMILES string of the molecule is CCN1C(=O)C(C#N)=C(C)/C(=C\c2ccc(-c3cccc4ccccc34)o2)C1=O. The van der Waals surface area contributed by atoms with Gasteiger partial charge in [0, 0.05) is 17.7 Å². The number of nitriles is 1. The average Bonchev–Trinajstić information content (AvgIpc) is 3.20. The van der Waals surface area contributed by atoms with Crippen LogP contribution in [0.25, 0.3) is 28.2 Å². The molecule has 0 bridgehead atoms. The van der Waals surface area contributed by atoms with Crippen LogP contribution in [0.4, 0.5) is 0 Å². The fraction of sp³-hybridized carbons (Fsp3) is 0.125. The van der Waals surface area contributed by atoms with E-state index in [9.17, 15) is 14.9 Å². The number of furan rings is 1. The molecule has 4 rings (SSSR count). The molecule has 2 amide bonds. The summed E-state index contributed by atoms with van der Waals surface area (Å²) in [6, 6.07) is 19.6. The van der Waals surface area contributed by atoms with E-state index in [2.05, 4.69) is 0 Å².